The van der Waals surface area contributed by atoms with Crippen LogP contribution in [0.5, 0.6) is 11.5 Å². The van der Waals surface area contributed by atoms with E-state index < -0.39 is 10.0 Å². The molecule has 6 nitrogen and oxygen atoms in total. The highest BCUT2D eigenvalue weighted by atomic mass is 32.2. The molecule has 1 aliphatic rings. The van der Waals surface area contributed by atoms with Crippen LogP contribution in [0.1, 0.15) is 5.56 Å². The Kier molecular flexibility index (Phi) is 4.73. The maximum absolute atomic E-state index is 12.8. The topological polar surface area (TPSA) is 68.7 Å². The first-order valence-corrected chi connectivity index (χ1v) is 9.12. The van der Waals surface area contributed by atoms with Crippen molar-refractivity contribution in [1.82, 2.24) is 9.29 Å². The second-order valence-corrected chi connectivity index (χ2v) is 7.75. The van der Waals surface area contributed by atoms with Crippen LogP contribution in [0.15, 0.2) is 47.6 Å². The molecule has 0 radical (unpaired) electrons. The Balaban J connectivity index is 1.63. The van der Waals surface area contributed by atoms with Crippen LogP contribution in [0.25, 0.3) is 0 Å². The van der Waals surface area contributed by atoms with E-state index in [1.165, 1.54) is 11.4 Å². The molecule has 3 rings (SSSR count). The smallest absolute Gasteiger partial charge is 0.246 e. The number of benzene rings is 1. The summed E-state index contributed by atoms with van der Waals surface area (Å²) in [5.41, 5.74) is 0.881. The summed E-state index contributed by atoms with van der Waals surface area (Å²) in [5.74, 6) is 1.24. The number of methoxy groups -OCH3 is 1. The fraction of sp³-hybridized carbons (Fsp3) is 0.353. The van der Waals surface area contributed by atoms with E-state index in [9.17, 15) is 8.42 Å². The average Bonchev–Trinajstić information content (AvgIpc) is 2.54. The molecule has 0 bridgehead atoms. The SMILES string of the molecule is COc1ccc(C)cc1S(=O)(=O)N1CC(COc2cccnc2)C1. The standard InChI is InChI=1S/C17H20N2O4S/c1-13-5-6-16(22-2)17(8-13)24(20,21)19-10-14(11-19)12-23-15-4-3-7-18-9-15/h3-9,14H,10-12H2,1-2H3. The zero-order valence-electron chi connectivity index (χ0n) is 13.7. The fourth-order valence-corrected chi connectivity index (χ4v) is 4.43. The molecule has 2 aromatic rings. The highest BCUT2D eigenvalue weighted by Gasteiger charge is 2.38. The first-order valence-electron chi connectivity index (χ1n) is 7.68. The second kappa shape index (κ2) is 6.78. The van der Waals surface area contributed by atoms with Gasteiger partial charge in [0.1, 0.15) is 16.4 Å². The van der Waals surface area contributed by atoms with Crippen molar-refractivity contribution in [1.29, 1.82) is 0 Å². The van der Waals surface area contributed by atoms with Crippen molar-refractivity contribution in [2.24, 2.45) is 5.92 Å². The molecule has 1 aromatic carbocycles. The van der Waals surface area contributed by atoms with Gasteiger partial charge in [-0.05, 0) is 36.8 Å². The molecule has 0 spiro atoms. The minimum atomic E-state index is -3.54. The van der Waals surface area contributed by atoms with Gasteiger partial charge in [0.2, 0.25) is 10.0 Å². The molecular formula is C17H20N2O4S. The third kappa shape index (κ3) is 3.37. The number of hydrogen-bond acceptors (Lipinski definition) is 5. The Morgan fingerprint density at radius 3 is 2.75 bits per heavy atom. The third-order valence-electron chi connectivity index (χ3n) is 3.98. The number of sulfonamides is 1. The van der Waals surface area contributed by atoms with E-state index in [4.69, 9.17) is 9.47 Å². The summed E-state index contributed by atoms with van der Waals surface area (Å²) in [5, 5.41) is 0. The summed E-state index contributed by atoms with van der Waals surface area (Å²) in [4.78, 5) is 4.20. The summed E-state index contributed by atoms with van der Waals surface area (Å²) in [7, 11) is -2.07. The number of nitrogens with zero attached hydrogens (tertiary/aromatic N) is 2. The Labute approximate surface area is 142 Å². The molecule has 7 heteroatoms. The van der Waals surface area contributed by atoms with Crippen molar-refractivity contribution in [2.75, 3.05) is 26.8 Å². The van der Waals surface area contributed by atoms with Gasteiger partial charge in [0.15, 0.2) is 0 Å². The van der Waals surface area contributed by atoms with Crippen molar-refractivity contribution in [2.45, 2.75) is 11.8 Å². The molecule has 1 aromatic heterocycles. The van der Waals surface area contributed by atoms with E-state index in [2.05, 4.69) is 4.98 Å². The molecule has 0 aliphatic carbocycles. The van der Waals surface area contributed by atoms with Crippen LogP contribution < -0.4 is 9.47 Å². The minimum absolute atomic E-state index is 0.177. The Morgan fingerprint density at radius 2 is 2.08 bits per heavy atom. The number of aryl methyl sites for hydroxylation is 1. The molecule has 1 fully saturated rings. The first-order chi connectivity index (χ1) is 11.5. The zero-order valence-corrected chi connectivity index (χ0v) is 14.5. The van der Waals surface area contributed by atoms with Crippen molar-refractivity contribution >= 4 is 10.0 Å². The summed E-state index contributed by atoms with van der Waals surface area (Å²) in [6.45, 7) is 3.22. The van der Waals surface area contributed by atoms with Gasteiger partial charge in [-0.25, -0.2) is 8.42 Å². The molecule has 24 heavy (non-hydrogen) atoms. The number of rotatable bonds is 6. The minimum Gasteiger partial charge on any atom is -0.495 e. The van der Waals surface area contributed by atoms with Crippen molar-refractivity contribution in [3.8, 4) is 11.5 Å². The number of ether oxygens (including phenoxy) is 2. The molecule has 2 heterocycles. The quantitative estimate of drug-likeness (QED) is 0.800. The summed E-state index contributed by atoms with van der Waals surface area (Å²) in [6.07, 6.45) is 3.32. The molecule has 0 saturated carbocycles. The Bertz CT molecular complexity index is 803. The van der Waals surface area contributed by atoms with Gasteiger partial charge in [-0.2, -0.15) is 4.31 Å². The lowest BCUT2D eigenvalue weighted by molar-refractivity contribution is 0.129. The molecule has 1 saturated heterocycles. The second-order valence-electron chi connectivity index (χ2n) is 5.84. The van der Waals surface area contributed by atoms with Gasteiger partial charge in [-0.3, -0.25) is 4.98 Å². The van der Waals surface area contributed by atoms with E-state index >= 15 is 0 Å². The van der Waals surface area contributed by atoms with Crippen molar-refractivity contribution in [3.63, 3.8) is 0 Å². The van der Waals surface area contributed by atoms with Gasteiger partial charge < -0.3 is 9.47 Å². The Hall–Kier alpha value is -2.12. The lowest BCUT2D eigenvalue weighted by Crippen LogP contribution is -2.51. The van der Waals surface area contributed by atoms with Crippen LogP contribution in [0.2, 0.25) is 0 Å². The molecular weight excluding hydrogens is 328 g/mol. The number of aromatic nitrogens is 1. The molecule has 0 amide bonds. The van der Waals surface area contributed by atoms with Crippen molar-refractivity contribution in [3.05, 3.63) is 48.3 Å². The Morgan fingerprint density at radius 1 is 1.29 bits per heavy atom. The van der Waals surface area contributed by atoms with E-state index in [0.29, 0.717) is 31.2 Å². The average molecular weight is 348 g/mol. The maximum atomic E-state index is 12.8. The lowest BCUT2D eigenvalue weighted by atomic mass is 10.1. The highest BCUT2D eigenvalue weighted by molar-refractivity contribution is 7.89. The van der Waals surface area contributed by atoms with E-state index in [1.54, 1.807) is 30.6 Å². The first kappa shape index (κ1) is 16.7. The highest BCUT2D eigenvalue weighted by Crippen LogP contribution is 2.31. The summed E-state index contributed by atoms with van der Waals surface area (Å²) in [6, 6.07) is 8.80. The zero-order chi connectivity index (χ0) is 17.2. The van der Waals surface area contributed by atoms with Gasteiger partial charge in [-0.1, -0.05) is 6.07 Å². The molecule has 0 N–H and O–H groups in total. The van der Waals surface area contributed by atoms with E-state index in [-0.39, 0.29) is 10.8 Å². The lowest BCUT2D eigenvalue weighted by Gasteiger charge is -2.38. The van der Waals surface area contributed by atoms with Gasteiger partial charge in [0.05, 0.1) is 19.9 Å². The number of pyridine rings is 1. The van der Waals surface area contributed by atoms with Crippen molar-refractivity contribution < 1.29 is 17.9 Å². The molecule has 0 unspecified atom stereocenters. The van der Waals surface area contributed by atoms with Crippen LogP contribution >= 0.6 is 0 Å². The third-order valence-corrected chi connectivity index (χ3v) is 5.83. The van der Waals surface area contributed by atoms with Crippen LogP contribution in [0.4, 0.5) is 0 Å². The predicted octanol–water partition coefficient (Wildman–Crippen LogP) is 2.10. The van der Waals surface area contributed by atoms with Gasteiger partial charge >= 0.3 is 0 Å². The normalized spacial score (nSPS) is 15.8. The largest absolute Gasteiger partial charge is 0.495 e. The van der Waals surface area contributed by atoms with Crippen LogP contribution in [0, 0.1) is 12.8 Å². The fourth-order valence-electron chi connectivity index (χ4n) is 2.60. The number of hydrogen-bond donors (Lipinski definition) is 0. The van der Waals surface area contributed by atoms with Gasteiger partial charge in [-0.15, -0.1) is 0 Å². The van der Waals surface area contributed by atoms with Crippen LogP contribution in [-0.2, 0) is 10.0 Å². The predicted molar refractivity (Wildman–Crippen MR) is 89.7 cm³/mol. The summed E-state index contributed by atoms with van der Waals surface area (Å²) >= 11 is 0. The van der Waals surface area contributed by atoms with E-state index in [0.717, 1.165) is 5.56 Å². The van der Waals surface area contributed by atoms with Gasteiger partial charge in [0, 0.05) is 25.2 Å². The van der Waals surface area contributed by atoms with Crippen LogP contribution in [-0.4, -0.2) is 44.5 Å². The van der Waals surface area contributed by atoms with Gasteiger partial charge in [0.25, 0.3) is 0 Å². The molecule has 1 aliphatic heterocycles. The molecule has 0 atom stereocenters. The van der Waals surface area contributed by atoms with Crippen LogP contribution in [0.3, 0.4) is 0 Å². The van der Waals surface area contributed by atoms with E-state index in [1.807, 2.05) is 19.1 Å². The maximum Gasteiger partial charge on any atom is 0.246 e. The molecule has 128 valence electrons. The summed E-state index contributed by atoms with van der Waals surface area (Å²) < 4.78 is 37.8. The monoisotopic (exact) mass is 348 g/mol.